The van der Waals surface area contributed by atoms with E-state index in [0.29, 0.717) is 23.6 Å². The van der Waals surface area contributed by atoms with Gasteiger partial charge in [-0.1, -0.05) is 66.2 Å². The van der Waals surface area contributed by atoms with Crippen LogP contribution in [-0.4, -0.2) is 29.5 Å². The zero-order chi connectivity index (χ0) is 22.1. The van der Waals surface area contributed by atoms with Gasteiger partial charge in [-0.3, -0.25) is 4.79 Å². The number of hydrogen-bond acceptors (Lipinski definition) is 3. The van der Waals surface area contributed by atoms with E-state index in [1.807, 2.05) is 66.9 Å². The maximum Gasteiger partial charge on any atom is 0.339 e. The summed E-state index contributed by atoms with van der Waals surface area (Å²) in [5, 5.41) is 4.70. The summed E-state index contributed by atoms with van der Waals surface area (Å²) in [6, 6.07) is 22.9. The highest BCUT2D eigenvalue weighted by molar-refractivity contribution is 6.31. The highest BCUT2D eigenvalue weighted by Gasteiger charge is 2.31. The average molecular weight is 445 g/mol. The number of carbonyl (C=O) groups excluding carboxylic acids is 2. The summed E-state index contributed by atoms with van der Waals surface area (Å²) in [6.45, 7) is 0.320. The van der Waals surface area contributed by atoms with Crippen molar-refractivity contribution in [2.24, 2.45) is 0 Å². The molecule has 1 aliphatic heterocycles. The average Bonchev–Trinajstić information content (AvgIpc) is 3.24. The zero-order valence-corrected chi connectivity index (χ0v) is 17.9. The van der Waals surface area contributed by atoms with E-state index in [4.69, 9.17) is 16.3 Å². The highest BCUT2D eigenvalue weighted by Crippen LogP contribution is 2.34. The first-order chi connectivity index (χ1) is 15.6. The zero-order valence-electron chi connectivity index (χ0n) is 17.2. The van der Waals surface area contributed by atoms with Crippen LogP contribution in [-0.2, 0) is 16.0 Å². The first kappa shape index (κ1) is 20.3. The molecule has 0 fully saturated rings. The van der Waals surface area contributed by atoms with Gasteiger partial charge in [0.1, 0.15) is 0 Å². The fourth-order valence-corrected chi connectivity index (χ4v) is 4.59. The molecule has 5 rings (SSSR count). The molecule has 0 saturated carbocycles. The molecule has 6 heteroatoms. The summed E-state index contributed by atoms with van der Waals surface area (Å²) in [4.78, 5) is 28.6. The minimum absolute atomic E-state index is 0.171. The largest absolute Gasteiger partial charge is 0.448 e. The lowest BCUT2D eigenvalue weighted by molar-refractivity contribution is -0.130. The molecular weight excluding hydrogens is 424 g/mol. The van der Waals surface area contributed by atoms with Crippen molar-refractivity contribution in [3.8, 4) is 0 Å². The second-order valence-corrected chi connectivity index (χ2v) is 8.27. The van der Waals surface area contributed by atoms with Crippen LogP contribution in [0.3, 0.4) is 0 Å². The molecule has 0 saturated heterocycles. The number of aromatic amines is 1. The Hall–Kier alpha value is -3.57. The summed E-state index contributed by atoms with van der Waals surface area (Å²) in [6.07, 6.45) is 1.46. The van der Waals surface area contributed by atoms with Crippen molar-refractivity contribution in [3.05, 3.63) is 106 Å². The van der Waals surface area contributed by atoms with Gasteiger partial charge in [0.2, 0.25) is 0 Å². The molecule has 160 valence electrons. The van der Waals surface area contributed by atoms with E-state index >= 15 is 0 Å². The van der Waals surface area contributed by atoms with E-state index in [1.54, 1.807) is 12.1 Å². The molecule has 2 heterocycles. The Labute approximate surface area is 190 Å². The van der Waals surface area contributed by atoms with Gasteiger partial charge in [-0.15, -0.1) is 0 Å². The second kappa shape index (κ2) is 8.52. The number of fused-ring (bicyclic) bond motifs is 2. The number of rotatable bonds is 5. The monoisotopic (exact) mass is 444 g/mol. The predicted octanol–water partition coefficient (Wildman–Crippen LogP) is 4.85. The standard InChI is InChI=1S/C26H21ClN2O3/c27-22-11-5-3-9-18(22)20(21-14-28-23-12-6-4-10-19(21)23)15-29-25(30)24-13-16-7-1-2-8-17(16)26(31)32-24/h1-12,14,20,24,28H,13,15H2,(H,29,30)/t20-,24+/m0/s1. The number of cyclic esters (lactones) is 1. The number of carbonyl (C=O) groups is 2. The highest BCUT2D eigenvalue weighted by atomic mass is 35.5. The van der Waals surface area contributed by atoms with Crippen LogP contribution >= 0.6 is 11.6 Å². The molecule has 1 amide bonds. The minimum atomic E-state index is -0.854. The number of amides is 1. The number of para-hydroxylation sites is 1. The molecule has 2 N–H and O–H groups in total. The molecule has 2 atom stereocenters. The van der Waals surface area contributed by atoms with E-state index in [9.17, 15) is 9.59 Å². The Morgan fingerprint density at radius 3 is 2.66 bits per heavy atom. The maximum atomic E-state index is 13.0. The number of benzene rings is 3. The quantitative estimate of drug-likeness (QED) is 0.432. The summed E-state index contributed by atoms with van der Waals surface area (Å²) < 4.78 is 5.41. The van der Waals surface area contributed by atoms with Gasteiger partial charge in [-0.05, 0) is 34.9 Å². The topological polar surface area (TPSA) is 71.2 Å². The van der Waals surface area contributed by atoms with E-state index in [0.717, 1.165) is 27.6 Å². The number of H-pyrrole nitrogens is 1. The van der Waals surface area contributed by atoms with Crippen LogP contribution in [0, 0.1) is 0 Å². The van der Waals surface area contributed by atoms with Gasteiger partial charge in [0.05, 0.1) is 5.56 Å². The Kier molecular flexibility index (Phi) is 5.41. The predicted molar refractivity (Wildman–Crippen MR) is 124 cm³/mol. The number of hydrogen-bond donors (Lipinski definition) is 2. The molecule has 32 heavy (non-hydrogen) atoms. The summed E-state index contributed by atoms with van der Waals surface area (Å²) in [5.74, 6) is -0.952. The summed E-state index contributed by atoms with van der Waals surface area (Å²) in [7, 11) is 0. The van der Waals surface area contributed by atoms with Gasteiger partial charge in [0.15, 0.2) is 6.10 Å². The van der Waals surface area contributed by atoms with Crippen LogP contribution in [0.2, 0.25) is 5.02 Å². The van der Waals surface area contributed by atoms with Crippen LogP contribution in [0.5, 0.6) is 0 Å². The molecule has 0 aliphatic carbocycles. The van der Waals surface area contributed by atoms with E-state index < -0.39 is 12.1 Å². The van der Waals surface area contributed by atoms with Crippen LogP contribution < -0.4 is 5.32 Å². The summed E-state index contributed by atoms with van der Waals surface area (Å²) in [5.41, 5.74) is 4.32. The van der Waals surface area contributed by atoms with E-state index in [1.165, 1.54) is 0 Å². The van der Waals surface area contributed by atoms with Gasteiger partial charge in [-0.2, -0.15) is 0 Å². The Morgan fingerprint density at radius 2 is 1.78 bits per heavy atom. The van der Waals surface area contributed by atoms with Crippen molar-refractivity contribution in [2.45, 2.75) is 18.4 Å². The van der Waals surface area contributed by atoms with Crippen molar-refractivity contribution in [3.63, 3.8) is 0 Å². The third kappa shape index (κ3) is 3.76. The molecular formula is C26H21ClN2O3. The Morgan fingerprint density at radius 1 is 1.03 bits per heavy atom. The number of halogens is 1. The number of aromatic nitrogens is 1. The molecule has 1 aliphatic rings. The third-order valence-corrected chi connectivity index (χ3v) is 6.29. The van der Waals surface area contributed by atoms with Crippen molar-refractivity contribution in [1.29, 1.82) is 0 Å². The van der Waals surface area contributed by atoms with Crippen molar-refractivity contribution in [2.75, 3.05) is 6.54 Å². The van der Waals surface area contributed by atoms with Gasteiger partial charge < -0.3 is 15.0 Å². The molecule has 0 unspecified atom stereocenters. The Balaban J connectivity index is 1.41. The Bertz CT molecular complexity index is 1310. The van der Waals surface area contributed by atoms with Gasteiger partial charge in [0, 0.05) is 41.0 Å². The minimum Gasteiger partial charge on any atom is -0.448 e. The molecule has 0 bridgehead atoms. The third-order valence-electron chi connectivity index (χ3n) is 5.94. The van der Waals surface area contributed by atoms with Crippen LogP contribution in [0.1, 0.15) is 33.0 Å². The van der Waals surface area contributed by atoms with Gasteiger partial charge >= 0.3 is 5.97 Å². The SMILES string of the molecule is O=C1O[C@@H](C(=O)NC[C@@H](c2ccccc2Cl)c2c[nH]c3ccccc23)Cc2ccccc21. The van der Waals surface area contributed by atoms with Gasteiger partial charge in [-0.25, -0.2) is 4.79 Å². The summed E-state index contributed by atoms with van der Waals surface area (Å²) >= 11 is 6.53. The molecule has 0 spiro atoms. The lowest BCUT2D eigenvalue weighted by Crippen LogP contribution is -2.43. The van der Waals surface area contributed by atoms with Crippen LogP contribution in [0.15, 0.2) is 79.0 Å². The van der Waals surface area contributed by atoms with E-state index in [2.05, 4.69) is 10.3 Å². The van der Waals surface area contributed by atoms with Gasteiger partial charge in [0.25, 0.3) is 5.91 Å². The molecule has 3 aromatic carbocycles. The number of esters is 1. The molecule has 5 nitrogen and oxygen atoms in total. The molecule has 0 radical (unpaired) electrons. The smallest absolute Gasteiger partial charge is 0.339 e. The normalized spacial score (nSPS) is 16.3. The van der Waals surface area contributed by atoms with Crippen LogP contribution in [0.4, 0.5) is 0 Å². The first-order valence-corrected chi connectivity index (χ1v) is 10.9. The fourth-order valence-electron chi connectivity index (χ4n) is 4.32. The van der Waals surface area contributed by atoms with Crippen molar-refractivity contribution >= 4 is 34.4 Å². The molecule has 1 aromatic heterocycles. The first-order valence-electron chi connectivity index (χ1n) is 10.5. The maximum absolute atomic E-state index is 13.0. The molecule has 4 aromatic rings. The van der Waals surface area contributed by atoms with Crippen molar-refractivity contribution < 1.29 is 14.3 Å². The lowest BCUT2D eigenvalue weighted by Gasteiger charge is -2.25. The lowest BCUT2D eigenvalue weighted by atomic mass is 9.90. The second-order valence-electron chi connectivity index (χ2n) is 7.86. The fraction of sp³-hybridized carbons (Fsp3) is 0.154. The van der Waals surface area contributed by atoms with Crippen LogP contribution in [0.25, 0.3) is 10.9 Å². The van der Waals surface area contributed by atoms with Crippen molar-refractivity contribution in [1.82, 2.24) is 10.3 Å². The number of nitrogens with one attached hydrogen (secondary N) is 2. The number of ether oxygens (including phenoxy) is 1. The van der Waals surface area contributed by atoms with E-state index in [-0.39, 0.29) is 11.8 Å².